The molecule has 0 saturated heterocycles. The van der Waals surface area contributed by atoms with Gasteiger partial charge in [-0.05, 0) is 45.1 Å². The molecule has 0 heterocycles. The second-order valence-electron chi connectivity index (χ2n) is 6.64. The smallest absolute Gasteiger partial charge is 0.326 e. The molecule has 0 fully saturated rings. The summed E-state index contributed by atoms with van der Waals surface area (Å²) in [6.45, 7) is 5.57. The van der Waals surface area contributed by atoms with Crippen molar-refractivity contribution in [3.05, 3.63) is 0 Å². The van der Waals surface area contributed by atoms with Crippen LogP contribution in [0.4, 0.5) is 0 Å². The number of carboxylic acids is 1. The summed E-state index contributed by atoms with van der Waals surface area (Å²) >= 11 is 0. The average Bonchev–Trinajstić information content (AvgIpc) is 2.51. The Morgan fingerprint density at radius 3 is 2.00 bits per heavy atom. The molecule has 0 aromatic rings. The second kappa shape index (κ2) is 11.8. The van der Waals surface area contributed by atoms with Crippen LogP contribution in [-0.4, -0.2) is 58.8 Å². The van der Waals surface area contributed by atoms with E-state index >= 15 is 0 Å². The van der Waals surface area contributed by atoms with Gasteiger partial charge in [0.15, 0.2) is 0 Å². The van der Waals surface area contributed by atoms with Crippen molar-refractivity contribution < 1.29 is 24.6 Å². The summed E-state index contributed by atoms with van der Waals surface area (Å²) in [5, 5.41) is 23.6. The maximum Gasteiger partial charge on any atom is 0.326 e. The Morgan fingerprint density at radius 1 is 1.00 bits per heavy atom. The van der Waals surface area contributed by atoms with Gasteiger partial charge in [0.2, 0.25) is 11.8 Å². The molecule has 0 aromatic carbocycles. The van der Waals surface area contributed by atoms with E-state index in [2.05, 4.69) is 10.6 Å². The summed E-state index contributed by atoms with van der Waals surface area (Å²) < 4.78 is 0. The van der Waals surface area contributed by atoms with Crippen molar-refractivity contribution in [2.45, 2.75) is 70.7 Å². The van der Waals surface area contributed by atoms with Crippen LogP contribution in [0.2, 0.25) is 0 Å². The third-order valence-corrected chi connectivity index (χ3v) is 3.72. The van der Waals surface area contributed by atoms with Crippen molar-refractivity contribution in [2.24, 2.45) is 17.4 Å². The minimum atomic E-state index is -1.16. The summed E-state index contributed by atoms with van der Waals surface area (Å²) in [4.78, 5) is 35.7. The highest BCUT2D eigenvalue weighted by atomic mass is 16.4. The van der Waals surface area contributed by atoms with Crippen LogP contribution in [-0.2, 0) is 14.4 Å². The van der Waals surface area contributed by atoms with Crippen molar-refractivity contribution in [2.75, 3.05) is 6.54 Å². The molecule has 0 aliphatic heterocycles. The van der Waals surface area contributed by atoms with Gasteiger partial charge in [0.1, 0.15) is 18.1 Å². The molecule has 0 saturated carbocycles. The van der Waals surface area contributed by atoms with Gasteiger partial charge in [-0.3, -0.25) is 9.59 Å². The van der Waals surface area contributed by atoms with E-state index in [4.69, 9.17) is 11.5 Å². The van der Waals surface area contributed by atoms with Gasteiger partial charge in [0, 0.05) is 0 Å². The molecule has 0 aliphatic rings. The molecule has 0 aromatic heterocycles. The maximum absolute atomic E-state index is 12.4. The zero-order valence-electron chi connectivity index (χ0n) is 15.2. The number of nitrogens with one attached hydrogen (secondary N) is 2. The van der Waals surface area contributed by atoms with Crippen LogP contribution >= 0.6 is 0 Å². The molecular weight excluding hydrogens is 328 g/mol. The van der Waals surface area contributed by atoms with E-state index < -0.39 is 42.0 Å². The van der Waals surface area contributed by atoms with Gasteiger partial charge in [-0.1, -0.05) is 13.8 Å². The Balaban J connectivity index is 4.96. The van der Waals surface area contributed by atoms with Crippen LogP contribution in [0.15, 0.2) is 0 Å². The molecule has 0 bridgehead atoms. The molecular formula is C16H32N4O5. The minimum Gasteiger partial charge on any atom is -0.480 e. The van der Waals surface area contributed by atoms with E-state index in [1.165, 1.54) is 6.92 Å². The van der Waals surface area contributed by atoms with Crippen LogP contribution in [0.25, 0.3) is 0 Å². The Labute approximate surface area is 148 Å². The number of hydrogen-bond acceptors (Lipinski definition) is 6. The first-order chi connectivity index (χ1) is 11.6. The zero-order valence-corrected chi connectivity index (χ0v) is 15.2. The number of carbonyl (C=O) groups is 3. The molecule has 0 spiro atoms. The topological polar surface area (TPSA) is 168 Å². The normalized spacial score (nSPS) is 16.0. The van der Waals surface area contributed by atoms with E-state index in [0.29, 0.717) is 25.8 Å². The predicted octanol–water partition coefficient (Wildman–Crippen LogP) is -1.08. The van der Waals surface area contributed by atoms with Crippen molar-refractivity contribution in [1.82, 2.24) is 10.6 Å². The van der Waals surface area contributed by atoms with Crippen LogP contribution in [0.1, 0.15) is 46.5 Å². The van der Waals surface area contributed by atoms with Gasteiger partial charge in [-0.2, -0.15) is 0 Å². The number of aliphatic carboxylic acids is 1. The number of hydrogen-bond donors (Lipinski definition) is 6. The van der Waals surface area contributed by atoms with Crippen molar-refractivity contribution in [3.63, 3.8) is 0 Å². The number of carboxylic acid groups (broad SMARTS) is 1. The van der Waals surface area contributed by atoms with Crippen molar-refractivity contribution in [3.8, 4) is 0 Å². The Hall–Kier alpha value is -1.71. The van der Waals surface area contributed by atoms with Gasteiger partial charge >= 0.3 is 5.97 Å². The van der Waals surface area contributed by atoms with Gasteiger partial charge in [-0.15, -0.1) is 0 Å². The largest absolute Gasteiger partial charge is 0.480 e. The minimum absolute atomic E-state index is 0.0827. The molecule has 146 valence electrons. The summed E-state index contributed by atoms with van der Waals surface area (Å²) in [5.41, 5.74) is 11.0. The van der Waals surface area contributed by atoms with Crippen molar-refractivity contribution >= 4 is 17.8 Å². The molecule has 0 aliphatic carbocycles. The SMILES string of the molecule is CC(C)CC(NC(=O)C(N)C(C)O)C(=O)NC(CCCCN)C(=O)O. The van der Waals surface area contributed by atoms with Crippen molar-refractivity contribution in [1.29, 1.82) is 0 Å². The van der Waals surface area contributed by atoms with Crippen LogP contribution in [0.5, 0.6) is 0 Å². The van der Waals surface area contributed by atoms with E-state index in [1.54, 1.807) is 0 Å². The predicted molar refractivity (Wildman–Crippen MR) is 93.5 cm³/mol. The Kier molecular flexibility index (Phi) is 11.0. The first-order valence-corrected chi connectivity index (χ1v) is 8.57. The molecule has 2 amide bonds. The zero-order chi connectivity index (χ0) is 19.6. The van der Waals surface area contributed by atoms with Crippen LogP contribution in [0.3, 0.4) is 0 Å². The molecule has 4 unspecified atom stereocenters. The Bertz CT molecular complexity index is 442. The highest BCUT2D eigenvalue weighted by Gasteiger charge is 2.29. The number of amides is 2. The molecule has 0 radical (unpaired) electrons. The van der Waals surface area contributed by atoms with E-state index in [9.17, 15) is 24.6 Å². The molecule has 8 N–H and O–H groups in total. The first-order valence-electron chi connectivity index (χ1n) is 8.57. The summed E-state index contributed by atoms with van der Waals surface area (Å²) in [6, 6.07) is -3.13. The summed E-state index contributed by atoms with van der Waals surface area (Å²) in [7, 11) is 0. The fraction of sp³-hybridized carbons (Fsp3) is 0.812. The fourth-order valence-corrected chi connectivity index (χ4v) is 2.21. The first kappa shape index (κ1) is 23.3. The third-order valence-electron chi connectivity index (χ3n) is 3.72. The highest BCUT2D eigenvalue weighted by molar-refractivity contribution is 5.91. The lowest BCUT2D eigenvalue weighted by atomic mass is 10.0. The maximum atomic E-state index is 12.4. The number of unbranched alkanes of at least 4 members (excludes halogenated alkanes) is 1. The standard InChI is InChI=1S/C16H32N4O5/c1-9(2)8-12(20-15(23)13(18)10(3)21)14(22)19-11(16(24)25)6-4-5-7-17/h9-13,21H,4-8,17-18H2,1-3H3,(H,19,22)(H,20,23)(H,24,25). The number of aliphatic hydroxyl groups excluding tert-OH is 1. The Morgan fingerprint density at radius 2 is 1.56 bits per heavy atom. The lowest BCUT2D eigenvalue weighted by molar-refractivity contribution is -0.142. The number of aliphatic hydroxyl groups is 1. The van der Waals surface area contributed by atoms with Gasteiger partial charge in [0.05, 0.1) is 6.10 Å². The van der Waals surface area contributed by atoms with E-state index in [1.807, 2.05) is 13.8 Å². The lowest BCUT2D eigenvalue weighted by Crippen LogP contribution is -2.56. The third kappa shape index (κ3) is 9.37. The molecule has 9 heteroatoms. The lowest BCUT2D eigenvalue weighted by Gasteiger charge is -2.24. The monoisotopic (exact) mass is 360 g/mol. The number of nitrogens with two attached hydrogens (primary N) is 2. The van der Waals surface area contributed by atoms with E-state index in [-0.39, 0.29) is 12.3 Å². The van der Waals surface area contributed by atoms with Gasteiger partial charge in [0.25, 0.3) is 0 Å². The molecule has 25 heavy (non-hydrogen) atoms. The van der Waals surface area contributed by atoms with E-state index in [0.717, 1.165) is 0 Å². The fourth-order valence-electron chi connectivity index (χ4n) is 2.21. The van der Waals surface area contributed by atoms with Crippen LogP contribution in [0, 0.1) is 5.92 Å². The number of rotatable bonds is 12. The van der Waals surface area contributed by atoms with Gasteiger partial charge < -0.3 is 32.3 Å². The highest BCUT2D eigenvalue weighted by Crippen LogP contribution is 2.08. The van der Waals surface area contributed by atoms with Crippen LogP contribution < -0.4 is 22.1 Å². The molecule has 9 nitrogen and oxygen atoms in total. The quantitative estimate of drug-likeness (QED) is 0.241. The second-order valence-corrected chi connectivity index (χ2v) is 6.64. The van der Waals surface area contributed by atoms with Gasteiger partial charge in [-0.25, -0.2) is 4.79 Å². The summed E-state index contributed by atoms with van der Waals surface area (Å²) in [5.74, 6) is -2.30. The molecule has 0 rings (SSSR count). The molecule has 4 atom stereocenters. The summed E-state index contributed by atoms with van der Waals surface area (Å²) in [6.07, 6.45) is 0.745. The average molecular weight is 360 g/mol. The number of carbonyl (C=O) groups excluding carboxylic acids is 2.